The number of hydrogen-bond acceptors (Lipinski definition) is 6. The van der Waals surface area contributed by atoms with Crippen molar-refractivity contribution in [2.24, 2.45) is 0 Å². The summed E-state index contributed by atoms with van der Waals surface area (Å²) in [6.45, 7) is 1.97. The molecule has 0 aliphatic rings. The van der Waals surface area contributed by atoms with Crippen molar-refractivity contribution in [2.45, 2.75) is 13.0 Å². The number of aromatic amines is 1. The summed E-state index contributed by atoms with van der Waals surface area (Å²) >= 11 is 0. The number of carbonyl (C=O) groups is 1. The van der Waals surface area contributed by atoms with Crippen LogP contribution in [0.2, 0.25) is 0 Å². The molecule has 4 rings (SSSR count). The van der Waals surface area contributed by atoms with Gasteiger partial charge < -0.3 is 15.2 Å². The van der Waals surface area contributed by atoms with Crippen LogP contribution in [0.1, 0.15) is 24.1 Å². The molecule has 0 radical (unpaired) electrons. The van der Waals surface area contributed by atoms with Crippen molar-refractivity contribution >= 4 is 28.8 Å². The first-order chi connectivity index (χ1) is 14.6. The predicted octanol–water partition coefficient (Wildman–Crippen LogP) is 4.43. The number of carbonyl (C=O) groups excluding carboxylic acids is 1. The van der Waals surface area contributed by atoms with Crippen LogP contribution in [0.5, 0.6) is 6.01 Å². The average Bonchev–Trinajstić information content (AvgIpc) is 3.13. The molecule has 4 N–H and O–H groups in total. The van der Waals surface area contributed by atoms with Gasteiger partial charge in [-0.1, -0.05) is 60.7 Å². The van der Waals surface area contributed by atoms with Crippen molar-refractivity contribution in [1.29, 1.82) is 0 Å². The second-order valence-electron chi connectivity index (χ2n) is 6.56. The summed E-state index contributed by atoms with van der Waals surface area (Å²) in [5, 5.41) is 15.9. The molecule has 4 aromatic rings. The zero-order valence-electron chi connectivity index (χ0n) is 16.3. The molecular weight excluding hydrogens is 382 g/mol. The van der Waals surface area contributed by atoms with E-state index in [0.717, 1.165) is 11.1 Å². The number of aromatic nitrogens is 3. The summed E-state index contributed by atoms with van der Waals surface area (Å²) in [5.74, 6) is 0.270. The van der Waals surface area contributed by atoms with Gasteiger partial charge in [-0.05, 0) is 18.1 Å². The van der Waals surface area contributed by atoms with Crippen molar-refractivity contribution in [2.75, 3.05) is 17.2 Å². The number of imidazole rings is 1. The molecule has 8 heteroatoms. The number of amides is 1. The second kappa shape index (κ2) is 8.52. The molecule has 0 aliphatic heterocycles. The molecule has 8 nitrogen and oxygen atoms in total. The third-order valence-corrected chi connectivity index (χ3v) is 4.51. The Balaban J connectivity index is 1.77. The minimum atomic E-state index is -0.610. The van der Waals surface area contributed by atoms with Gasteiger partial charge in [-0.2, -0.15) is 4.98 Å². The quantitative estimate of drug-likeness (QED) is 0.379. The third-order valence-electron chi connectivity index (χ3n) is 4.51. The molecule has 152 valence electrons. The first-order valence-corrected chi connectivity index (χ1v) is 9.54. The number of hydrogen-bond donors (Lipinski definition) is 4. The van der Waals surface area contributed by atoms with E-state index in [4.69, 9.17) is 4.74 Å². The van der Waals surface area contributed by atoms with Crippen molar-refractivity contribution in [3.8, 4) is 6.01 Å². The van der Waals surface area contributed by atoms with Crippen LogP contribution in [0, 0.1) is 0 Å². The highest BCUT2D eigenvalue weighted by atomic mass is 16.5. The maximum atomic E-state index is 11.9. The molecule has 1 amide bonds. The number of nitrogens with one attached hydrogen (secondary N) is 3. The number of H-pyrrole nitrogens is 1. The zero-order chi connectivity index (χ0) is 20.9. The molecule has 0 unspecified atom stereocenters. The fourth-order valence-corrected chi connectivity index (χ4v) is 3.23. The molecule has 0 aliphatic carbocycles. The van der Waals surface area contributed by atoms with Gasteiger partial charge in [0.05, 0.1) is 18.3 Å². The maximum Gasteiger partial charge on any atom is 0.412 e. The van der Waals surface area contributed by atoms with Crippen LogP contribution in [0.15, 0.2) is 66.7 Å². The number of benzene rings is 2. The van der Waals surface area contributed by atoms with E-state index < -0.39 is 6.09 Å². The van der Waals surface area contributed by atoms with Crippen LogP contribution >= 0.6 is 0 Å². The summed E-state index contributed by atoms with van der Waals surface area (Å²) in [6.07, 6.45) is -0.610. The molecule has 0 atom stereocenters. The lowest BCUT2D eigenvalue weighted by Gasteiger charge is -2.21. The number of aromatic hydroxyl groups is 1. The Hall–Kier alpha value is -4.07. The van der Waals surface area contributed by atoms with Gasteiger partial charge in [0.2, 0.25) is 0 Å². The topological polar surface area (TPSA) is 112 Å². The Bertz CT molecular complexity index is 1110. The van der Waals surface area contributed by atoms with Crippen LogP contribution in [0.4, 0.5) is 16.3 Å². The predicted molar refractivity (Wildman–Crippen MR) is 115 cm³/mol. The number of ether oxygens (including phenoxy) is 1. The summed E-state index contributed by atoms with van der Waals surface area (Å²) in [7, 11) is 0. The van der Waals surface area contributed by atoms with E-state index in [1.807, 2.05) is 60.7 Å². The van der Waals surface area contributed by atoms with E-state index >= 15 is 0 Å². The Morgan fingerprint density at radius 1 is 1.07 bits per heavy atom. The summed E-state index contributed by atoms with van der Waals surface area (Å²) in [4.78, 5) is 23.0. The van der Waals surface area contributed by atoms with Gasteiger partial charge in [0.15, 0.2) is 5.65 Å². The Morgan fingerprint density at radius 3 is 2.30 bits per heavy atom. The lowest BCUT2D eigenvalue weighted by molar-refractivity contribution is 0.168. The van der Waals surface area contributed by atoms with Crippen molar-refractivity contribution in [3.05, 3.63) is 77.9 Å². The van der Waals surface area contributed by atoms with Gasteiger partial charge in [-0.15, -0.1) is 0 Å². The zero-order valence-corrected chi connectivity index (χ0v) is 16.3. The van der Waals surface area contributed by atoms with Crippen molar-refractivity contribution in [3.63, 3.8) is 0 Å². The molecule has 0 fully saturated rings. The highest BCUT2D eigenvalue weighted by Gasteiger charge is 2.18. The second-order valence-corrected chi connectivity index (χ2v) is 6.56. The number of nitrogens with zero attached hydrogens (tertiary/aromatic N) is 2. The van der Waals surface area contributed by atoms with E-state index in [-0.39, 0.29) is 24.5 Å². The number of pyridine rings is 1. The third kappa shape index (κ3) is 4.17. The molecule has 0 bridgehead atoms. The van der Waals surface area contributed by atoms with Gasteiger partial charge in [-0.3, -0.25) is 10.3 Å². The Labute approximate surface area is 173 Å². The fraction of sp³-hybridized carbons (Fsp3) is 0.136. The maximum absolute atomic E-state index is 11.9. The van der Waals surface area contributed by atoms with E-state index in [1.54, 1.807) is 13.0 Å². The highest BCUT2D eigenvalue weighted by Crippen LogP contribution is 2.32. The Kier molecular flexibility index (Phi) is 5.47. The van der Waals surface area contributed by atoms with Gasteiger partial charge in [0, 0.05) is 6.07 Å². The molecule has 2 heterocycles. The molecule has 2 aromatic carbocycles. The smallest absolute Gasteiger partial charge is 0.412 e. The number of anilines is 2. The van der Waals surface area contributed by atoms with E-state index in [9.17, 15) is 9.90 Å². The van der Waals surface area contributed by atoms with E-state index in [1.165, 1.54) is 0 Å². The van der Waals surface area contributed by atoms with Crippen molar-refractivity contribution in [1.82, 2.24) is 15.0 Å². The lowest BCUT2D eigenvalue weighted by Crippen LogP contribution is -2.16. The van der Waals surface area contributed by atoms with Crippen LogP contribution in [-0.4, -0.2) is 32.8 Å². The normalized spacial score (nSPS) is 10.9. The van der Waals surface area contributed by atoms with Gasteiger partial charge >= 0.3 is 6.09 Å². The standard InChI is InChI=1S/C22H21N5O3/c1-2-30-22(29)25-17-13-16(19-20(24-17)27-21(28)26-19)23-18(14-9-5-3-6-10-14)15-11-7-4-8-12-15/h3-13,18H,2H2,1H3,(H4,23,24,25,26,27,28,29). The largest absolute Gasteiger partial charge is 0.480 e. The summed E-state index contributed by atoms with van der Waals surface area (Å²) in [5.41, 5.74) is 3.49. The minimum absolute atomic E-state index is 0.188. The minimum Gasteiger partial charge on any atom is -0.480 e. The number of rotatable bonds is 6. The van der Waals surface area contributed by atoms with Crippen LogP contribution in [0.25, 0.3) is 11.2 Å². The van der Waals surface area contributed by atoms with Crippen LogP contribution in [-0.2, 0) is 4.74 Å². The van der Waals surface area contributed by atoms with Crippen molar-refractivity contribution < 1.29 is 14.6 Å². The first-order valence-electron chi connectivity index (χ1n) is 9.54. The molecular formula is C22H21N5O3. The fourth-order valence-electron chi connectivity index (χ4n) is 3.23. The SMILES string of the molecule is CCOC(=O)Nc1cc(NC(c2ccccc2)c2ccccc2)c2nc(O)[nH]c2n1. The summed E-state index contributed by atoms with van der Waals surface area (Å²) < 4.78 is 4.94. The molecule has 0 saturated carbocycles. The van der Waals surface area contributed by atoms with E-state index in [0.29, 0.717) is 16.9 Å². The first kappa shape index (κ1) is 19.3. The molecule has 0 spiro atoms. The summed E-state index contributed by atoms with van der Waals surface area (Å²) in [6, 6.07) is 21.2. The van der Waals surface area contributed by atoms with Crippen LogP contribution < -0.4 is 10.6 Å². The van der Waals surface area contributed by atoms with Crippen LogP contribution in [0.3, 0.4) is 0 Å². The average molecular weight is 403 g/mol. The van der Waals surface area contributed by atoms with Gasteiger partial charge in [0.1, 0.15) is 11.3 Å². The highest BCUT2D eigenvalue weighted by molar-refractivity contribution is 5.92. The number of fused-ring (bicyclic) bond motifs is 1. The lowest BCUT2D eigenvalue weighted by atomic mass is 9.98. The molecule has 2 aromatic heterocycles. The molecule has 30 heavy (non-hydrogen) atoms. The molecule has 0 saturated heterocycles. The Morgan fingerprint density at radius 2 is 1.70 bits per heavy atom. The van der Waals surface area contributed by atoms with Gasteiger partial charge in [-0.25, -0.2) is 9.78 Å². The monoisotopic (exact) mass is 403 g/mol. The van der Waals surface area contributed by atoms with Gasteiger partial charge in [0.25, 0.3) is 6.01 Å². The van der Waals surface area contributed by atoms with E-state index in [2.05, 4.69) is 25.6 Å².